The Kier molecular flexibility index (Phi) is 8.98. The Labute approximate surface area is 207 Å². The van der Waals surface area contributed by atoms with Gasteiger partial charge >= 0.3 is 0 Å². The number of ether oxygens (including phenoxy) is 1. The molecular weight excluding hydrogens is 442 g/mol. The highest BCUT2D eigenvalue weighted by molar-refractivity contribution is 6.22. The number of rotatable bonds is 6. The second kappa shape index (κ2) is 11.9. The van der Waals surface area contributed by atoms with Gasteiger partial charge in [-0.3, -0.25) is 14.5 Å². The van der Waals surface area contributed by atoms with Crippen molar-refractivity contribution in [3.63, 3.8) is 0 Å². The molecule has 1 fully saturated rings. The normalized spacial score (nSPS) is 15.0. The Morgan fingerprint density at radius 3 is 2.31 bits per heavy atom. The Bertz CT molecular complexity index is 1130. The molecule has 2 aliphatic heterocycles. The number of hydrogen-bond donors (Lipinski definition) is 1. The predicted octanol–water partition coefficient (Wildman–Crippen LogP) is 5.08. The largest absolute Gasteiger partial charge is 0.480 e. The molecule has 0 unspecified atom stereocenters. The fraction of sp³-hybridized carbons (Fsp3) is 0.481. The van der Waals surface area contributed by atoms with E-state index in [2.05, 4.69) is 19.9 Å². The maximum atomic E-state index is 12.9. The number of benzene rings is 1. The highest BCUT2D eigenvalue weighted by atomic mass is 16.5. The van der Waals surface area contributed by atoms with Crippen molar-refractivity contribution in [2.75, 3.05) is 33.3 Å². The number of fused-ring (bicyclic) bond motifs is 2. The number of aromatic nitrogens is 3. The number of carbonyl (C=O) groups excluding carboxylic acids is 2. The molecule has 1 N–H and O–H groups in total. The molecule has 0 bridgehead atoms. The maximum absolute atomic E-state index is 12.9. The van der Waals surface area contributed by atoms with Crippen LogP contribution in [0.15, 0.2) is 24.4 Å². The number of H-pyrrole nitrogens is 1. The summed E-state index contributed by atoms with van der Waals surface area (Å²) in [7, 11) is 1.57. The summed E-state index contributed by atoms with van der Waals surface area (Å²) in [6, 6.07) is 5.34. The number of nitrogens with one attached hydrogen (secondary N) is 1. The molecular formula is C27H37N5O3. The van der Waals surface area contributed by atoms with Gasteiger partial charge in [0.1, 0.15) is 5.82 Å². The minimum absolute atomic E-state index is 0.227. The Morgan fingerprint density at radius 1 is 1.00 bits per heavy atom. The van der Waals surface area contributed by atoms with Gasteiger partial charge < -0.3 is 14.6 Å². The number of imide groups is 1. The Balaban J connectivity index is 0.000000815. The van der Waals surface area contributed by atoms with E-state index in [1.807, 2.05) is 40.7 Å². The minimum Gasteiger partial charge on any atom is -0.480 e. The third kappa shape index (κ3) is 5.22. The maximum Gasteiger partial charge on any atom is 0.261 e. The third-order valence-corrected chi connectivity index (χ3v) is 6.18. The van der Waals surface area contributed by atoms with E-state index in [9.17, 15) is 9.59 Å². The standard InChI is InChI=1S/C23H25N5O3.2C2H6/c1-14-6-7-24-21(31-2)19(14)20-25-17-12-15-16(13-18(17)26-20)23(30)28(22(15)29)11-5-10-27-8-3-4-9-27;2*1-2/h6-7,12-13H,3-5,8-11H2,1-2H3,(H,25,26);2*1-2H3. The van der Waals surface area contributed by atoms with Crippen molar-refractivity contribution < 1.29 is 14.3 Å². The average Bonchev–Trinajstić information content (AvgIpc) is 3.61. The highest BCUT2D eigenvalue weighted by Gasteiger charge is 2.36. The highest BCUT2D eigenvalue weighted by Crippen LogP contribution is 2.33. The first-order valence-electron chi connectivity index (χ1n) is 12.7. The molecule has 4 heterocycles. The van der Waals surface area contributed by atoms with E-state index >= 15 is 0 Å². The summed E-state index contributed by atoms with van der Waals surface area (Å²) >= 11 is 0. The van der Waals surface area contributed by atoms with Crippen molar-refractivity contribution in [3.05, 3.63) is 41.1 Å². The number of aryl methyl sites for hydroxylation is 1. The molecule has 188 valence electrons. The molecule has 0 spiro atoms. The van der Waals surface area contributed by atoms with Crippen LogP contribution in [0.2, 0.25) is 0 Å². The minimum atomic E-state index is -0.233. The van der Waals surface area contributed by atoms with Crippen molar-refractivity contribution >= 4 is 22.8 Å². The molecule has 3 aromatic rings. The van der Waals surface area contributed by atoms with Crippen molar-refractivity contribution in [3.8, 4) is 17.3 Å². The molecule has 0 atom stereocenters. The Hall–Kier alpha value is -3.26. The van der Waals surface area contributed by atoms with Gasteiger partial charge in [0.15, 0.2) is 0 Å². The second-order valence-corrected chi connectivity index (χ2v) is 8.18. The van der Waals surface area contributed by atoms with Crippen LogP contribution < -0.4 is 4.74 Å². The number of carbonyl (C=O) groups is 2. The van der Waals surface area contributed by atoms with Crippen LogP contribution in [-0.4, -0.2) is 69.9 Å². The molecule has 8 heteroatoms. The molecule has 0 aliphatic carbocycles. The van der Waals surface area contributed by atoms with E-state index in [0.717, 1.165) is 37.2 Å². The van der Waals surface area contributed by atoms with Crippen molar-refractivity contribution in [2.24, 2.45) is 0 Å². The zero-order valence-electron chi connectivity index (χ0n) is 21.8. The van der Waals surface area contributed by atoms with Crippen LogP contribution in [0.25, 0.3) is 22.4 Å². The van der Waals surface area contributed by atoms with Gasteiger partial charge in [-0.15, -0.1) is 0 Å². The molecule has 1 saturated heterocycles. The summed E-state index contributed by atoms with van der Waals surface area (Å²) in [6.07, 6.45) is 4.95. The van der Waals surface area contributed by atoms with Gasteiger partial charge in [-0.05, 0) is 69.6 Å². The van der Waals surface area contributed by atoms with E-state index in [4.69, 9.17) is 4.74 Å². The van der Waals surface area contributed by atoms with Gasteiger partial charge in [0.05, 0.1) is 34.8 Å². The zero-order valence-corrected chi connectivity index (χ0v) is 21.8. The lowest BCUT2D eigenvalue weighted by Gasteiger charge is -2.17. The fourth-order valence-corrected chi connectivity index (χ4v) is 4.55. The molecule has 35 heavy (non-hydrogen) atoms. The van der Waals surface area contributed by atoms with Crippen molar-refractivity contribution in [2.45, 2.75) is 53.9 Å². The molecule has 0 radical (unpaired) electrons. The first-order valence-corrected chi connectivity index (χ1v) is 12.7. The van der Waals surface area contributed by atoms with Crippen LogP contribution in [0.3, 0.4) is 0 Å². The average molecular weight is 480 g/mol. The van der Waals surface area contributed by atoms with E-state index in [1.165, 1.54) is 17.7 Å². The molecule has 2 aromatic heterocycles. The van der Waals surface area contributed by atoms with Crippen LogP contribution in [0.1, 0.15) is 73.2 Å². The van der Waals surface area contributed by atoms with Gasteiger partial charge in [-0.1, -0.05) is 27.7 Å². The molecule has 2 aliphatic rings. The lowest BCUT2D eigenvalue weighted by molar-refractivity contribution is 0.0648. The first-order chi connectivity index (χ1) is 17.1. The third-order valence-electron chi connectivity index (χ3n) is 6.18. The summed E-state index contributed by atoms with van der Waals surface area (Å²) in [5, 5.41) is 0. The van der Waals surface area contributed by atoms with Crippen LogP contribution in [0.4, 0.5) is 0 Å². The van der Waals surface area contributed by atoms with E-state index in [1.54, 1.807) is 25.4 Å². The number of methoxy groups -OCH3 is 1. The van der Waals surface area contributed by atoms with Crippen LogP contribution >= 0.6 is 0 Å². The summed E-state index contributed by atoms with van der Waals surface area (Å²) in [5.74, 6) is 0.615. The van der Waals surface area contributed by atoms with E-state index < -0.39 is 0 Å². The Morgan fingerprint density at radius 2 is 1.66 bits per heavy atom. The summed E-state index contributed by atoms with van der Waals surface area (Å²) < 4.78 is 5.39. The monoisotopic (exact) mass is 479 g/mol. The zero-order chi connectivity index (χ0) is 25.5. The molecule has 1 aromatic carbocycles. The van der Waals surface area contributed by atoms with Gasteiger partial charge in [-0.2, -0.15) is 0 Å². The van der Waals surface area contributed by atoms with Gasteiger partial charge in [0.2, 0.25) is 5.88 Å². The van der Waals surface area contributed by atoms with Gasteiger partial charge in [0.25, 0.3) is 11.8 Å². The molecule has 2 amide bonds. The number of imidazole rings is 1. The van der Waals surface area contributed by atoms with Gasteiger partial charge in [-0.25, -0.2) is 9.97 Å². The topological polar surface area (TPSA) is 91.4 Å². The SMILES string of the molecule is CC.CC.COc1nccc(C)c1-c1nc2cc3c(cc2[nH]1)C(=O)N(CCCN1CCCC1)C3=O. The lowest BCUT2D eigenvalue weighted by atomic mass is 10.1. The number of likely N-dealkylation sites (tertiary alicyclic amines) is 1. The number of amides is 2. The molecule has 5 rings (SSSR count). The number of hydrogen-bond acceptors (Lipinski definition) is 6. The van der Waals surface area contributed by atoms with E-state index in [0.29, 0.717) is 40.4 Å². The molecule has 8 nitrogen and oxygen atoms in total. The summed E-state index contributed by atoms with van der Waals surface area (Å²) in [5.41, 5.74) is 3.94. The van der Waals surface area contributed by atoms with Crippen molar-refractivity contribution in [1.82, 2.24) is 24.8 Å². The molecule has 0 saturated carbocycles. The van der Waals surface area contributed by atoms with E-state index in [-0.39, 0.29) is 11.8 Å². The fourth-order valence-electron chi connectivity index (χ4n) is 4.55. The predicted molar refractivity (Wildman–Crippen MR) is 139 cm³/mol. The van der Waals surface area contributed by atoms with Crippen molar-refractivity contribution in [1.29, 1.82) is 0 Å². The quantitative estimate of drug-likeness (QED) is 0.496. The van der Waals surface area contributed by atoms with Crippen LogP contribution in [-0.2, 0) is 0 Å². The number of pyridine rings is 1. The first kappa shape index (κ1) is 26.3. The number of nitrogens with zero attached hydrogens (tertiary/aromatic N) is 4. The summed E-state index contributed by atoms with van der Waals surface area (Å²) in [6.45, 7) is 13.6. The van der Waals surface area contributed by atoms with Crippen LogP contribution in [0, 0.1) is 6.92 Å². The second-order valence-electron chi connectivity index (χ2n) is 8.18. The number of aromatic amines is 1. The summed E-state index contributed by atoms with van der Waals surface area (Å²) in [4.78, 5) is 41.8. The van der Waals surface area contributed by atoms with Crippen LogP contribution in [0.5, 0.6) is 5.88 Å². The lowest BCUT2D eigenvalue weighted by Crippen LogP contribution is -2.33. The smallest absolute Gasteiger partial charge is 0.261 e. The van der Waals surface area contributed by atoms with Gasteiger partial charge in [0, 0.05) is 12.7 Å².